The van der Waals surface area contributed by atoms with Gasteiger partial charge in [0.25, 0.3) is 5.91 Å². The van der Waals surface area contributed by atoms with E-state index >= 15 is 0 Å². The summed E-state index contributed by atoms with van der Waals surface area (Å²) < 4.78 is 5.07. The molecule has 0 unspecified atom stereocenters. The average Bonchev–Trinajstić information content (AvgIpc) is 3.30. The number of nitrogens with one attached hydrogen (secondary N) is 2. The first kappa shape index (κ1) is 17.9. The van der Waals surface area contributed by atoms with Gasteiger partial charge in [-0.3, -0.25) is 19.4 Å². The van der Waals surface area contributed by atoms with Crippen LogP contribution in [0.3, 0.4) is 0 Å². The Morgan fingerprint density at radius 3 is 2.52 bits per heavy atom. The Labute approximate surface area is 148 Å². The molecule has 0 spiro atoms. The van der Waals surface area contributed by atoms with Gasteiger partial charge in [0.15, 0.2) is 5.76 Å². The van der Waals surface area contributed by atoms with Crippen molar-refractivity contribution >= 4 is 11.8 Å². The summed E-state index contributed by atoms with van der Waals surface area (Å²) in [7, 11) is 0. The molecule has 2 amide bonds. The largest absolute Gasteiger partial charge is 0.459 e. The topological polar surface area (TPSA) is 77.8 Å². The lowest BCUT2D eigenvalue weighted by Crippen LogP contribution is -2.51. The zero-order valence-corrected chi connectivity index (χ0v) is 14.7. The van der Waals surface area contributed by atoms with E-state index in [2.05, 4.69) is 20.4 Å². The van der Waals surface area contributed by atoms with Gasteiger partial charge in [-0.05, 0) is 25.0 Å². The van der Waals surface area contributed by atoms with Crippen molar-refractivity contribution in [1.29, 1.82) is 0 Å². The summed E-state index contributed by atoms with van der Waals surface area (Å²) >= 11 is 0. The fraction of sp³-hybridized carbons (Fsp3) is 0.667. The summed E-state index contributed by atoms with van der Waals surface area (Å²) in [6.07, 6.45) is 6.23. The van der Waals surface area contributed by atoms with Gasteiger partial charge < -0.3 is 15.1 Å². The van der Waals surface area contributed by atoms with Crippen molar-refractivity contribution in [1.82, 2.24) is 20.4 Å². The van der Waals surface area contributed by atoms with Crippen molar-refractivity contribution in [2.45, 2.75) is 31.7 Å². The molecule has 1 saturated heterocycles. The van der Waals surface area contributed by atoms with E-state index in [1.807, 2.05) is 0 Å². The standard InChI is InChI=1S/C18H28N4O3/c23-17(20-15-4-1-2-5-15)14-22-11-9-21(10-12-22)8-7-19-18(24)16-6-3-13-25-16/h3,6,13,15H,1-2,4-5,7-12,14H2,(H,19,24)(H,20,23). The minimum absolute atomic E-state index is 0.158. The van der Waals surface area contributed by atoms with Gasteiger partial charge in [-0.25, -0.2) is 0 Å². The van der Waals surface area contributed by atoms with Crippen LogP contribution in [0.4, 0.5) is 0 Å². The molecule has 0 bridgehead atoms. The molecule has 25 heavy (non-hydrogen) atoms. The minimum Gasteiger partial charge on any atom is -0.459 e. The van der Waals surface area contributed by atoms with Crippen LogP contribution in [-0.4, -0.2) is 73.5 Å². The summed E-state index contributed by atoms with van der Waals surface area (Å²) in [5, 5.41) is 6.01. The van der Waals surface area contributed by atoms with Crippen LogP contribution in [0.2, 0.25) is 0 Å². The van der Waals surface area contributed by atoms with Crippen molar-refractivity contribution in [3.8, 4) is 0 Å². The first-order valence-electron chi connectivity index (χ1n) is 9.26. The smallest absolute Gasteiger partial charge is 0.287 e. The lowest BCUT2D eigenvalue weighted by atomic mass is 10.2. The van der Waals surface area contributed by atoms with Crippen LogP contribution in [0.5, 0.6) is 0 Å². The van der Waals surface area contributed by atoms with Gasteiger partial charge in [0.2, 0.25) is 5.91 Å². The fourth-order valence-corrected chi connectivity index (χ4v) is 3.54. The molecule has 0 aromatic carbocycles. The third-order valence-electron chi connectivity index (χ3n) is 5.01. The molecule has 7 nitrogen and oxygen atoms in total. The van der Waals surface area contributed by atoms with Crippen LogP contribution in [0.1, 0.15) is 36.2 Å². The molecular formula is C18H28N4O3. The van der Waals surface area contributed by atoms with E-state index in [-0.39, 0.29) is 11.8 Å². The highest BCUT2D eigenvalue weighted by Crippen LogP contribution is 2.17. The van der Waals surface area contributed by atoms with Gasteiger partial charge >= 0.3 is 0 Å². The number of piperazine rings is 1. The number of hydrogen-bond donors (Lipinski definition) is 2. The number of carbonyl (C=O) groups is 2. The second-order valence-electron chi connectivity index (χ2n) is 6.90. The molecule has 7 heteroatoms. The molecule has 1 aromatic rings. The summed E-state index contributed by atoms with van der Waals surface area (Å²) in [4.78, 5) is 28.4. The normalized spacial score (nSPS) is 19.8. The molecular weight excluding hydrogens is 320 g/mol. The van der Waals surface area contributed by atoms with Crippen LogP contribution in [0, 0.1) is 0 Å². The van der Waals surface area contributed by atoms with Crippen molar-refractivity contribution in [2.24, 2.45) is 0 Å². The van der Waals surface area contributed by atoms with Crippen molar-refractivity contribution in [3.05, 3.63) is 24.2 Å². The van der Waals surface area contributed by atoms with E-state index in [1.165, 1.54) is 19.1 Å². The molecule has 2 aliphatic rings. The molecule has 1 aliphatic heterocycles. The van der Waals surface area contributed by atoms with Crippen molar-refractivity contribution < 1.29 is 14.0 Å². The monoisotopic (exact) mass is 348 g/mol. The Morgan fingerprint density at radius 2 is 1.84 bits per heavy atom. The molecule has 0 atom stereocenters. The van der Waals surface area contributed by atoms with E-state index in [1.54, 1.807) is 12.1 Å². The zero-order valence-electron chi connectivity index (χ0n) is 14.7. The summed E-state index contributed by atoms with van der Waals surface area (Å²) in [6.45, 7) is 5.55. The third kappa shape index (κ3) is 5.57. The lowest BCUT2D eigenvalue weighted by molar-refractivity contribution is -0.123. The van der Waals surface area contributed by atoms with Gasteiger partial charge in [-0.1, -0.05) is 12.8 Å². The number of carbonyl (C=O) groups excluding carboxylic acids is 2. The Morgan fingerprint density at radius 1 is 1.12 bits per heavy atom. The van der Waals surface area contributed by atoms with Crippen LogP contribution in [0.25, 0.3) is 0 Å². The first-order chi connectivity index (χ1) is 12.2. The molecule has 0 radical (unpaired) electrons. The Kier molecular flexibility index (Phi) is 6.47. The van der Waals surface area contributed by atoms with Gasteiger partial charge in [-0.15, -0.1) is 0 Å². The van der Waals surface area contributed by atoms with Gasteiger partial charge in [-0.2, -0.15) is 0 Å². The van der Waals surface area contributed by atoms with Crippen LogP contribution in [-0.2, 0) is 4.79 Å². The molecule has 3 rings (SSSR count). The van der Waals surface area contributed by atoms with E-state index in [0.29, 0.717) is 24.9 Å². The molecule has 2 heterocycles. The Balaban J connectivity index is 1.28. The van der Waals surface area contributed by atoms with Crippen molar-refractivity contribution in [3.63, 3.8) is 0 Å². The summed E-state index contributed by atoms with van der Waals surface area (Å²) in [5.74, 6) is 0.330. The maximum absolute atomic E-state index is 12.1. The Hall–Kier alpha value is -1.86. The maximum Gasteiger partial charge on any atom is 0.287 e. The van der Waals surface area contributed by atoms with Crippen LogP contribution in [0.15, 0.2) is 22.8 Å². The van der Waals surface area contributed by atoms with Crippen LogP contribution >= 0.6 is 0 Å². The third-order valence-corrected chi connectivity index (χ3v) is 5.01. The van der Waals surface area contributed by atoms with Gasteiger partial charge in [0.05, 0.1) is 12.8 Å². The first-order valence-corrected chi connectivity index (χ1v) is 9.26. The lowest BCUT2D eigenvalue weighted by Gasteiger charge is -2.34. The van der Waals surface area contributed by atoms with E-state index in [0.717, 1.165) is 45.6 Å². The second kappa shape index (κ2) is 9.01. The van der Waals surface area contributed by atoms with Gasteiger partial charge in [0.1, 0.15) is 0 Å². The van der Waals surface area contributed by atoms with E-state index in [4.69, 9.17) is 4.42 Å². The van der Waals surface area contributed by atoms with Gasteiger partial charge in [0, 0.05) is 45.3 Å². The quantitative estimate of drug-likeness (QED) is 0.758. The highest BCUT2D eigenvalue weighted by molar-refractivity contribution is 5.91. The SMILES string of the molecule is O=C(CN1CCN(CCNC(=O)c2ccco2)CC1)NC1CCCC1. The molecule has 1 saturated carbocycles. The summed E-state index contributed by atoms with van der Waals surface area (Å²) in [5.41, 5.74) is 0. The maximum atomic E-state index is 12.1. The molecule has 2 fully saturated rings. The van der Waals surface area contributed by atoms with E-state index < -0.39 is 0 Å². The number of rotatable bonds is 7. The highest BCUT2D eigenvalue weighted by Gasteiger charge is 2.21. The number of hydrogen-bond acceptors (Lipinski definition) is 5. The highest BCUT2D eigenvalue weighted by atomic mass is 16.3. The Bertz CT molecular complexity index is 547. The number of amides is 2. The number of furan rings is 1. The summed E-state index contributed by atoms with van der Waals surface area (Å²) in [6, 6.07) is 3.76. The minimum atomic E-state index is -0.174. The molecule has 2 N–H and O–H groups in total. The second-order valence-corrected chi connectivity index (χ2v) is 6.90. The zero-order chi connectivity index (χ0) is 17.5. The molecule has 1 aromatic heterocycles. The van der Waals surface area contributed by atoms with Crippen LogP contribution < -0.4 is 10.6 Å². The fourth-order valence-electron chi connectivity index (χ4n) is 3.54. The average molecular weight is 348 g/mol. The number of nitrogens with zero attached hydrogens (tertiary/aromatic N) is 2. The molecule has 1 aliphatic carbocycles. The predicted octanol–water partition coefficient (Wildman–Crippen LogP) is 0.686. The van der Waals surface area contributed by atoms with E-state index in [9.17, 15) is 9.59 Å². The predicted molar refractivity (Wildman–Crippen MR) is 94.3 cm³/mol. The molecule has 138 valence electrons. The van der Waals surface area contributed by atoms with Crippen molar-refractivity contribution in [2.75, 3.05) is 45.8 Å².